The molecule has 0 atom stereocenters. The van der Waals surface area contributed by atoms with Gasteiger partial charge in [0.1, 0.15) is 17.4 Å². The maximum atomic E-state index is 6.00. The summed E-state index contributed by atoms with van der Waals surface area (Å²) >= 11 is 0. The lowest BCUT2D eigenvalue weighted by molar-refractivity contribution is 0.454. The van der Waals surface area contributed by atoms with Crippen LogP contribution in [0.3, 0.4) is 0 Å². The standard InChI is InChI=1S/C17H19N3O/c1-10-15(18)19-16(12-5-6-12)20-17(10)21-14-8-7-11-3-2-4-13(11)9-14/h7-9,12H,2-6H2,1H3,(H2,18,19,20). The molecule has 0 radical (unpaired) electrons. The predicted molar refractivity (Wildman–Crippen MR) is 81.7 cm³/mol. The Morgan fingerprint density at radius 1 is 1.14 bits per heavy atom. The molecule has 0 spiro atoms. The van der Waals surface area contributed by atoms with Crippen LogP contribution in [0, 0.1) is 6.92 Å². The second-order valence-electron chi connectivity index (χ2n) is 6.06. The highest BCUT2D eigenvalue weighted by molar-refractivity contribution is 5.47. The minimum Gasteiger partial charge on any atom is -0.439 e. The van der Waals surface area contributed by atoms with Crippen LogP contribution in [0.1, 0.15) is 47.7 Å². The molecule has 2 N–H and O–H groups in total. The number of nitrogens with zero attached hydrogens (tertiary/aromatic N) is 2. The number of nitrogens with two attached hydrogens (primary N) is 1. The molecular weight excluding hydrogens is 262 g/mol. The Balaban J connectivity index is 1.67. The van der Waals surface area contributed by atoms with Gasteiger partial charge in [0.05, 0.1) is 5.56 Å². The van der Waals surface area contributed by atoms with Gasteiger partial charge in [-0.25, -0.2) is 4.98 Å². The molecule has 0 unspecified atom stereocenters. The Hall–Kier alpha value is -2.10. The van der Waals surface area contributed by atoms with Crippen LogP contribution in [0.2, 0.25) is 0 Å². The number of aryl methyl sites for hydroxylation is 2. The van der Waals surface area contributed by atoms with Crippen molar-refractivity contribution in [3.63, 3.8) is 0 Å². The Labute approximate surface area is 124 Å². The molecular formula is C17H19N3O. The van der Waals surface area contributed by atoms with Crippen LogP contribution in [-0.2, 0) is 12.8 Å². The van der Waals surface area contributed by atoms with Crippen LogP contribution in [-0.4, -0.2) is 9.97 Å². The number of nitrogen functional groups attached to an aromatic ring is 1. The zero-order valence-corrected chi connectivity index (χ0v) is 12.2. The zero-order chi connectivity index (χ0) is 14.4. The van der Waals surface area contributed by atoms with Gasteiger partial charge in [0.25, 0.3) is 0 Å². The van der Waals surface area contributed by atoms with E-state index in [9.17, 15) is 0 Å². The Morgan fingerprint density at radius 3 is 2.76 bits per heavy atom. The van der Waals surface area contributed by atoms with Gasteiger partial charge in [0, 0.05) is 5.92 Å². The molecule has 1 fully saturated rings. The van der Waals surface area contributed by atoms with Gasteiger partial charge in [-0.2, -0.15) is 4.98 Å². The molecule has 0 aliphatic heterocycles. The minimum atomic E-state index is 0.468. The van der Waals surface area contributed by atoms with Crippen LogP contribution in [0.15, 0.2) is 18.2 Å². The van der Waals surface area contributed by atoms with E-state index < -0.39 is 0 Å². The molecule has 108 valence electrons. The lowest BCUT2D eigenvalue weighted by atomic mass is 10.1. The highest BCUT2D eigenvalue weighted by Crippen LogP contribution is 2.40. The van der Waals surface area contributed by atoms with Crippen molar-refractivity contribution in [2.24, 2.45) is 0 Å². The zero-order valence-electron chi connectivity index (χ0n) is 12.2. The number of benzene rings is 1. The van der Waals surface area contributed by atoms with Gasteiger partial charge < -0.3 is 10.5 Å². The van der Waals surface area contributed by atoms with Crippen molar-refractivity contribution in [3.8, 4) is 11.6 Å². The molecule has 4 nitrogen and oxygen atoms in total. The maximum absolute atomic E-state index is 6.00. The second kappa shape index (κ2) is 4.72. The third kappa shape index (κ3) is 2.35. The van der Waals surface area contributed by atoms with Crippen molar-refractivity contribution in [2.75, 3.05) is 5.73 Å². The van der Waals surface area contributed by atoms with E-state index >= 15 is 0 Å². The molecule has 2 aliphatic carbocycles. The molecule has 21 heavy (non-hydrogen) atoms. The highest BCUT2D eigenvalue weighted by Gasteiger charge is 2.28. The first-order valence-corrected chi connectivity index (χ1v) is 7.64. The Kier molecular flexibility index (Phi) is 2.84. The number of anilines is 1. The van der Waals surface area contributed by atoms with Crippen molar-refractivity contribution < 1.29 is 4.74 Å². The second-order valence-corrected chi connectivity index (χ2v) is 6.06. The first kappa shape index (κ1) is 12.6. The van der Waals surface area contributed by atoms with Crippen LogP contribution in [0.4, 0.5) is 5.82 Å². The normalized spacial score (nSPS) is 16.8. The van der Waals surface area contributed by atoms with Crippen molar-refractivity contribution in [1.82, 2.24) is 9.97 Å². The third-order valence-corrected chi connectivity index (χ3v) is 4.38. The fourth-order valence-corrected chi connectivity index (χ4v) is 2.88. The monoisotopic (exact) mass is 281 g/mol. The number of hydrogen-bond acceptors (Lipinski definition) is 4. The van der Waals surface area contributed by atoms with E-state index in [0.717, 1.165) is 36.4 Å². The van der Waals surface area contributed by atoms with Gasteiger partial charge in [-0.3, -0.25) is 0 Å². The lowest BCUT2D eigenvalue weighted by Gasteiger charge is -2.11. The fourth-order valence-electron chi connectivity index (χ4n) is 2.88. The molecule has 1 aromatic carbocycles. The van der Waals surface area contributed by atoms with Crippen LogP contribution in [0.5, 0.6) is 11.6 Å². The molecule has 1 heterocycles. The van der Waals surface area contributed by atoms with E-state index in [1.807, 2.05) is 13.0 Å². The summed E-state index contributed by atoms with van der Waals surface area (Å²) in [6.07, 6.45) is 5.87. The van der Waals surface area contributed by atoms with Crippen LogP contribution >= 0.6 is 0 Å². The van der Waals surface area contributed by atoms with E-state index in [0.29, 0.717) is 17.6 Å². The topological polar surface area (TPSA) is 61.0 Å². The summed E-state index contributed by atoms with van der Waals surface area (Å²) in [4.78, 5) is 8.95. The van der Waals surface area contributed by atoms with Gasteiger partial charge in [-0.05, 0) is 62.3 Å². The smallest absolute Gasteiger partial charge is 0.227 e. The average molecular weight is 281 g/mol. The summed E-state index contributed by atoms with van der Waals surface area (Å²) in [5.74, 6) is 3.27. The van der Waals surface area contributed by atoms with Crippen molar-refractivity contribution in [3.05, 3.63) is 40.7 Å². The molecule has 0 bridgehead atoms. The van der Waals surface area contributed by atoms with Gasteiger partial charge in [-0.15, -0.1) is 0 Å². The van der Waals surface area contributed by atoms with Crippen molar-refractivity contribution >= 4 is 5.82 Å². The summed E-state index contributed by atoms with van der Waals surface area (Å²) in [6.45, 7) is 1.91. The first-order valence-electron chi connectivity index (χ1n) is 7.64. The van der Waals surface area contributed by atoms with E-state index in [1.165, 1.54) is 24.0 Å². The van der Waals surface area contributed by atoms with Gasteiger partial charge in [-0.1, -0.05) is 6.07 Å². The SMILES string of the molecule is Cc1c(N)nc(C2CC2)nc1Oc1ccc2c(c1)CCC2. The molecule has 2 aromatic rings. The van der Waals surface area contributed by atoms with E-state index in [4.69, 9.17) is 10.5 Å². The minimum absolute atomic E-state index is 0.468. The molecule has 1 saturated carbocycles. The summed E-state index contributed by atoms with van der Waals surface area (Å²) in [6, 6.07) is 6.33. The van der Waals surface area contributed by atoms with Crippen LogP contribution in [0.25, 0.3) is 0 Å². The van der Waals surface area contributed by atoms with Gasteiger partial charge in [0.15, 0.2) is 0 Å². The maximum Gasteiger partial charge on any atom is 0.227 e. The largest absolute Gasteiger partial charge is 0.439 e. The molecule has 2 aliphatic rings. The van der Waals surface area contributed by atoms with Gasteiger partial charge in [0.2, 0.25) is 5.88 Å². The van der Waals surface area contributed by atoms with E-state index in [2.05, 4.69) is 22.1 Å². The van der Waals surface area contributed by atoms with Crippen molar-refractivity contribution in [1.29, 1.82) is 0 Å². The quantitative estimate of drug-likeness (QED) is 0.935. The Bertz CT molecular complexity index is 707. The third-order valence-electron chi connectivity index (χ3n) is 4.38. The number of hydrogen-bond donors (Lipinski definition) is 1. The molecule has 4 rings (SSSR count). The van der Waals surface area contributed by atoms with Crippen LogP contribution < -0.4 is 10.5 Å². The predicted octanol–water partition coefficient (Wildman–Crippen LogP) is 3.53. The number of fused-ring (bicyclic) bond motifs is 1. The Morgan fingerprint density at radius 2 is 1.95 bits per heavy atom. The lowest BCUT2D eigenvalue weighted by Crippen LogP contribution is -2.04. The molecule has 0 saturated heterocycles. The van der Waals surface area contributed by atoms with E-state index in [1.54, 1.807) is 0 Å². The first-order chi connectivity index (χ1) is 10.2. The molecule has 4 heteroatoms. The molecule has 1 aromatic heterocycles. The fraction of sp³-hybridized carbons (Fsp3) is 0.412. The van der Waals surface area contributed by atoms with Crippen molar-refractivity contribution in [2.45, 2.75) is 44.9 Å². The average Bonchev–Trinajstić information content (AvgIpc) is 3.22. The number of rotatable bonds is 3. The summed E-state index contributed by atoms with van der Waals surface area (Å²) < 4.78 is 6.00. The number of ether oxygens (including phenoxy) is 1. The number of aromatic nitrogens is 2. The van der Waals surface area contributed by atoms with E-state index in [-0.39, 0.29) is 0 Å². The summed E-state index contributed by atoms with van der Waals surface area (Å²) in [5.41, 5.74) is 9.66. The summed E-state index contributed by atoms with van der Waals surface area (Å²) in [5, 5.41) is 0. The molecule has 0 amide bonds. The highest BCUT2D eigenvalue weighted by atomic mass is 16.5. The summed E-state index contributed by atoms with van der Waals surface area (Å²) in [7, 11) is 0. The van der Waals surface area contributed by atoms with Gasteiger partial charge >= 0.3 is 0 Å².